The molecule has 1 rings (SSSR count). The number of aromatic amines is 1. The smallest absolute Gasteiger partial charge is 0.198 e. The SMILES string of the molecule is Cc1cc(NN)nc(=S)[nH]1. The Hall–Kier alpha value is -0.940. The average Bonchev–Trinajstić information content (AvgIpc) is 1.85. The van der Waals surface area contributed by atoms with Crippen LogP contribution in [0.4, 0.5) is 5.82 Å². The van der Waals surface area contributed by atoms with E-state index >= 15 is 0 Å². The van der Waals surface area contributed by atoms with Gasteiger partial charge in [0, 0.05) is 11.8 Å². The summed E-state index contributed by atoms with van der Waals surface area (Å²) in [6.45, 7) is 1.89. The Morgan fingerprint density at radius 1 is 1.80 bits per heavy atom. The summed E-state index contributed by atoms with van der Waals surface area (Å²) >= 11 is 4.79. The third kappa shape index (κ3) is 1.52. The molecule has 54 valence electrons. The molecule has 0 aliphatic rings. The van der Waals surface area contributed by atoms with E-state index in [1.165, 1.54) is 0 Å². The van der Waals surface area contributed by atoms with Crippen molar-refractivity contribution < 1.29 is 0 Å². The molecule has 0 aromatic carbocycles. The van der Waals surface area contributed by atoms with Crippen LogP contribution in [0.25, 0.3) is 0 Å². The van der Waals surface area contributed by atoms with Gasteiger partial charge in [0.2, 0.25) is 0 Å². The molecule has 0 radical (unpaired) electrons. The first-order valence-electron chi connectivity index (χ1n) is 2.77. The molecule has 10 heavy (non-hydrogen) atoms. The van der Waals surface area contributed by atoms with Crippen LogP contribution in [0.1, 0.15) is 5.69 Å². The fourth-order valence-corrected chi connectivity index (χ4v) is 0.913. The largest absolute Gasteiger partial charge is 0.335 e. The van der Waals surface area contributed by atoms with Gasteiger partial charge < -0.3 is 10.4 Å². The highest BCUT2D eigenvalue weighted by molar-refractivity contribution is 7.71. The summed E-state index contributed by atoms with van der Waals surface area (Å²) in [6, 6.07) is 1.77. The third-order valence-electron chi connectivity index (χ3n) is 1.03. The molecular formula is C5H8N4S. The number of aryl methyl sites for hydroxylation is 1. The molecule has 0 aliphatic heterocycles. The minimum absolute atomic E-state index is 0.438. The number of hydrogen-bond acceptors (Lipinski definition) is 4. The van der Waals surface area contributed by atoms with Crippen molar-refractivity contribution in [3.05, 3.63) is 16.5 Å². The van der Waals surface area contributed by atoms with Crippen LogP contribution in [0.5, 0.6) is 0 Å². The zero-order chi connectivity index (χ0) is 7.56. The molecule has 0 fully saturated rings. The fraction of sp³-hybridized carbons (Fsp3) is 0.200. The summed E-state index contributed by atoms with van der Waals surface area (Å²) in [5.74, 6) is 5.70. The Kier molecular flexibility index (Phi) is 1.98. The third-order valence-corrected chi connectivity index (χ3v) is 1.22. The molecule has 0 unspecified atom stereocenters. The number of aromatic nitrogens is 2. The summed E-state index contributed by atoms with van der Waals surface area (Å²) in [6.07, 6.45) is 0. The van der Waals surface area contributed by atoms with Crippen molar-refractivity contribution in [1.29, 1.82) is 0 Å². The molecular weight excluding hydrogens is 148 g/mol. The first-order chi connectivity index (χ1) is 4.72. The highest BCUT2D eigenvalue weighted by atomic mass is 32.1. The van der Waals surface area contributed by atoms with Gasteiger partial charge in [-0.2, -0.15) is 0 Å². The van der Waals surface area contributed by atoms with Crippen LogP contribution in [-0.4, -0.2) is 9.97 Å². The molecule has 0 saturated carbocycles. The lowest BCUT2D eigenvalue weighted by Gasteiger charge is -1.98. The van der Waals surface area contributed by atoms with Crippen molar-refractivity contribution in [3.8, 4) is 0 Å². The van der Waals surface area contributed by atoms with Crippen LogP contribution in [0.3, 0.4) is 0 Å². The van der Waals surface area contributed by atoms with E-state index in [1.807, 2.05) is 6.92 Å². The Bertz CT molecular complexity index is 279. The van der Waals surface area contributed by atoms with E-state index in [2.05, 4.69) is 15.4 Å². The van der Waals surface area contributed by atoms with E-state index in [1.54, 1.807) is 6.07 Å². The quantitative estimate of drug-likeness (QED) is 0.318. The van der Waals surface area contributed by atoms with Gasteiger partial charge in [-0.1, -0.05) is 0 Å². The second kappa shape index (κ2) is 2.76. The van der Waals surface area contributed by atoms with E-state index in [9.17, 15) is 0 Å². The predicted octanol–water partition coefficient (Wildman–Crippen LogP) is 0.733. The summed E-state index contributed by atoms with van der Waals surface area (Å²) in [7, 11) is 0. The normalized spacial score (nSPS) is 9.40. The highest BCUT2D eigenvalue weighted by Crippen LogP contribution is 2.00. The Balaban J connectivity index is 3.19. The van der Waals surface area contributed by atoms with Crippen LogP contribution in [0.2, 0.25) is 0 Å². The van der Waals surface area contributed by atoms with Gasteiger partial charge in [-0.3, -0.25) is 0 Å². The van der Waals surface area contributed by atoms with E-state index in [4.69, 9.17) is 18.1 Å². The molecule has 1 aromatic heterocycles. The molecule has 1 aromatic rings. The summed E-state index contributed by atoms with van der Waals surface area (Å²) in [4.78, 5) is 6.73. The maximum Gasteiger partial charge on any atom is 0.198 e. The van der Waals surface area contributed by atoms with Gasteiger partial charge >= 0.3 is 0 Å². The molecule has 4 nitrogen and oxygen atoms in total. The number of anilines is 1. The standard InChI is InChI=1S/C5H8N4S/c1-3-2-4(9-6)8-5(10)7-3/h2H,6H2,1H3,(H2,7,8,9,10). The summed E-state index contributed by atoms with van der Waals surface area (Å²) in [5, 5.41) is 0. The van der Waals surface area contributed by atoms with Gasteiger partial charge in [-0.05, 0) is 19.1 Å². The van der Waals surface area contributed by atoms with Crippen molar-refractivity contribution in [3.63, 3.8) is 0 Å². The Morgan fingerprint density at radius 2 is 2.50 bits per heavy atom. The zero-order valence-electron chi connectivity index (χ0n) is 5.51. The zero-order valence-corrected chi connectivity index (χ0v) is 6.33. The minimum Gasteiger partial charge on any atom is -0.335 e. The lowest BCUT2D eigenvalue weighted by Crippen LogP contribution is -2.09. The number of nitrogens with one attached hydrogen (secondary N) is 2. The van der Waals surface area contributed by atoms with Crippen LogP contribution in [-0.2, 0) is 0 Å². The average molecular weight is 156 g/mol. The van der Waals surface area contributed by atoms with Crippen molar-refractivity contribution in [1.82, 2.24) is 9.97 Å². The molecule has 4 N–H and O–H groups in total. The molecule has 0 saturated heterocycles. The number of hydrogen-bond donors (Lipinski definition) is 3. The Morgan fingerprint density at radius 3 is 3.00 bits per heavy atom. The van der Waals surface area contributed by atoms with Gasteiger partial charge in [-0.15, -0.1) is 0 Å². The van der Waals surface area contributed by atoms with Crippen LogP contribution < -0.4 is 11.3 Å². The molecule has 0 amide bonds. The fourth-order valence-electron chi connectivity index (χ4n) is 0.653. The molecule has 0 atom stereocenters. The van der Waals surface area contributed by atoms with E-state index < -0.39 is 0 Å². The number of nitrogens with zero attached hydrogens (tertiary/aromatic N) is 1. The van der Waals surface area contributed by atoms with Crippen molar-refractivity contribution in [2.45, 2.75) is 6.92 Å². The van der Waals surface area contributed by atoms with Crippen LogP contribution in [0, 0.1) is 11.7 Å². The number of rotatable bonds is 1. The first kappa shape index (κ1) is 7.17. The minimum atomic E-state index is 0.438. The van der Waals surface area contributed by atoms with Gasteiger partial charge in [-0.25, -0.2) is 10.8 Å². The molecule has 5 heteroatoms. The number of nitrogens with two attached hydrogens (primary N) is 1. The van der Waals surface area contributed by atoms with E-state index in [-0.39, 0.29) is 0 Å². The lowest BCUT2D eigenvalue weighted by atomic mass is 10.4. The van der Waals surface area contributed by atoms with E-state index in [0.717, 1.165) is 5.69 Å². The topological polar surface area (TPSA) is 66.7 Å². The lowest BCUT2D eigenvalue weighted by molar-refractivity contribution is 1.06. The Labute approximate surface area is 63.5 Å². The van der Waals surface area contributed by atoms with Gasteiger partial charge in [0.1, 0.15) is 5.82 Å². The number of H-pyrrole nitrogens is 1. The van der Waals surface area contributed by atoms with Gasteiger partial charge in [0.25, 0.3) is 0 Å². The second-order valence-electron chi connectivity index (χ2n) is 1.90. The molecule has 0 bridgehead atoms. The molecule has 0 spiro atoms. The number of nitrogen functional groups attached to an aromatic ring is 1. The van der Waals surface area contributed by atoms with Crippen molar-refractivity contribution >= 4 is 18.0 Å². The van der Waals surface area contributed by atoms with Crippen molar-refractivity contribution in [2.75, 3.05) is 5.43 Å². The van der Waals surface area contributed by atoms with Gasteiger partial charge in [0.05, 0.1) is 0 Å². The monoisotopic (exact) mass is 156 g/mol. The maximum absolute atomic E-state index is 5.11. The second-order valence-corrected chi connectivity index (χ2v) is 2.29. The van der Waals surface area contributed by atoms with Gasteiger partial charge in [0.15, 0.2) is 4.77 Å². The van der Waals surface area contributed by atoms with Crippen LogP contribution >= 0.6 is 12.2 Å². The van der Waals surface area contributed by atoms with Crippen molar-refractivity contribution in [2.24, 2.45) is 5.84 Å². The maximum atomic E-state index is 5.11. The number of hydrazine groups is 1. The molecule has 0 aliphatic carbocycles. The van der Waals surface area contributed by atoms with Crippen LogP contribution in [0.15, 0.2) is 6.07 Å². The summed E-state index contributed by atoms with van der Waals surface area (Å²) in [5.41, 5.74) is 3.35. The predicted molar refractivity (Wildman–Crippen MR) is 42.0 cm³/mol. The molecule has 1 heterocycles. The summed E-state index contributed by atoms with van der Waals surface area (Å²) < 4.78 is 0.438. The van der Waals surface area contributed by atoms with E-state index in [0.29, 0.717) is 10.6 Å². The first-order valence-corrected chi connectivity index (χ1v) is 3.18. The highest BCUT2D eigenvalue weighted by Gasteiger charge is 1.90.